The second-order valence-corrected chi connectivity index (χ2v) is 5.63. The standard InChI is InChI=1S/C13H20N4O2/c1-2-3-11-14-12(16-15-11)13(19)17-6-8-4-5-10(18)9(8)7-17/h8-10,18H,2-7H2,1H3,(H,14,15,16). The van der Waals surface area contributed by atoms with Crippen LogP contribution >= 0.6 is 0 Å². The topological polar surface area (TPSA) is 82.1 Å². The summed E-state index contributed by atoms with van der Waals surface area (Å²) >= 11 is 0. The van der Waals surface area contributed by atoms with Crippen LogP contribution in [0.1, 0.15) is 42.6 Å². The SMILES string of the molecule is CCCc1nc(C(=O)N2CC3CCC(O)C3C2)n[nH]1. The zero-order valence-corrected chi connectivity index (χ0v) is 11.2. The van der Waals surface area contributed by atoms with Crippen molar-refractivity contribution >= 4 is 5.91 Å². The quantitative estimate of drug-likeness (QED) is 0.837. The highest BCUT2D eigenvalue weighted by Gasteiger charge is 2.43. The van der Waals surface area contributed by atoms with E-state index < -0.39 is 0 Å². The average molecular weight is 264 g/mol. The lowest BCUT2D eigenvalue weighted by atomic mass is 10.00. The number of aryl methyl sites for hydroxylation is 1. The Morgan fingerprint density at radius 2 is 2.32 bits per heavy atom. The predicted molar refractivity (Wildman–Crippen MR) is 68.5 cm³/mol. The summed E-state index contributed by atoms with van der Waals surface area (Å²) in [7, 11) is 0. The minimum Gasteiger partial charge on any atom is -0.393 e. The van der Waals surface area contributed by atoms with Gasteiger partial charge in [-0.3, -0.25) is 9.89 Å². The number of rotatable bonds is 3. The van der Waals surface area contributed by atoms with E-state index in [-0.39, 0.29) is 23.8 Å². The molecule has 0 radical (unpaired) electrons. The largest absolute Gasteiger partial charge is 0.393 e. The minimum atomic E-state index is -0.245. The van der Waals surface area contributed by atoms with E-state index in [9.17, 15) is 9.90 Å². The number of aliphatic hydroxyl groups excluding tert-OH is 1. The number of hydrogen-bond donors (Lipinski definition) is 2. The normalized spacial score (nSPS) is 29.8. The van der Waals surface area contributed by atoms with Crippen LogP contribution in [0.15, 0.2) is 0 Å². The molecule has 2 heterocycles. The molecule has 1 aromatic rings. The summed E-state index contributed by atoms with van der Waals surface area (Å²) in [6.07, 6.45) is 3.43. The van der Waals surface area contributed by atoms with Gasteiger partial charge in [0.1, 0.15) is 5.82 Å². The highest BCUT2D eigenvalue weighted by atomic mass is 16.3. The van der Waals surface area contributed by atoms with E-state index in [1.807, 2.05) is 0 Å². The molecule has 0 aromatic carbocycles. The highest BCUT2D eigenvalue weighted by molar-refractivity contribution is 5.90. The number of amides is 1. The Kier molecular flexibility index (Phi) is 3.26. The van der Waals surface area contributed by atoms with Gasteiger partial charge in [-0.25, -0.2) is 4.98 Å². The van der Waals surface area contributed by atoms with Gasteiger partial charge < -0.3 is 10.0 Å². The molecule has 3 atom stereocenters. The fraction of sp³-hybridized carbons (Fsp3) is 0.769. The zero-order chi connectivity index (χ0) is 13.4. The molecule has 1 saturated carbocycles. The van der Waals surface area contributed by atoms with Crippen molar-refractivity contribution in [1.29, 1.82) is 0 Å². The van der Waals surface area contributed by atoms with Crippen LogP contribution in [0.3, 0.4) is 0 Å². The Hall–Kier alpha value is -1.43. The first kappa shape index (κ1) is 12.6. The summed E-state index contributed by atoms with van der Waals surface area (Å²) in [4.78, 5) is 18.3. The summed E-state index contributed by atoms with van der Waals surface area (Å²) in [6.45, 7) is 3.44. The van der Waals surface area contributed by atoms with E-state index in [4.69, 9.17) is 0 Å². The van der Waals surface area contributed by atoms with E-state index in [2.05, 4.69) is 22.1 Å². The van der Waals surface area contributed by atoms with E-state index in [1.165, 1.54) is 0 Å². The molecule has 19 heavy (non-hydrogen) atoms. The van der Waals surface area contributed by atoms with Crippen molar-refractivity contribution in [2.24, 2.45) is 11.8 Å². The molecule has 1 saturated heterocycles. The zero-order valence-electron chi connectivity index (χ0n) is 11.2. The molecule has 1 aromatic heterocycles. The van der Waals surface area contributed by atoms with Crippen molar-refractivity contribution in [1.82, 2.24) is 20.1 Å². The summed E-state index contributed by atoms with van der Waals surface area (Å²) in [5.41, 5.74) is 0. The number of fused-ring (bicyclic) bond motifs is 1. The Morgan fingerprint density at radius 3 is 3.05 bits per heavy atom. The molecule has 6 heteroatoms. The molecular formula is C13H20N4O2. The van der Waals surface area contributed by atoms with Crippen LogP contribution in [0.2, 0.25) is 0 Å². The number of carbonyl (C=O) groups excluding carboxylic acids is 1. The lowest BCUT2D eigenvalue weighted by Gasteiger charge is -2.16. The van der Waals surface area contributed by atoms with Gasteiger partial charge in [-0.05, 0) is 25.2 Å². The maximum atomic E-state index is 12.3. The van der Waals surface area contributed by atoms with Gasteiger partial charge in [-0.2, -0.15) is 0 Å². The number of hydrogen-bond acceptors (Lipinski definition) is 4. The van der Waals surface area contributed by atoms with E-state index in [1.54, 1.807) is 4.90 Å². The first-order valence-corrected chi connectivity index (χ1v) is 7.07. The number of nitrogens with zero attached hydrogens (tertiary/aromatic N) is 3. The summed E-state index contributed by atoms with van der Waals surface area (Å²) in [6, 6.07) is 0. The number of H-pyrrole nitrogens is 1. The fourth-order valence-electron chi connectivity index (χ4n) is 3.28. The molecule has 1 aliphatic carbocycles. The van der Waals surface area contributed by atoms with Crippen molar-refractivity contribution < 1.29 is 9.90 Å². The smallest absolute Gasteiger partial charge is 0.293 e. The maximum Gasteiger partial charge on any atom is 0.293 e. The lowest BCUT2D eigenvalue weighted by Crippen LogP contribution is -2.31. The van der Waals surface area contributed by atoms with Crippen LogP contribution < -0.4 is 0 Å². The van der Waals surface area contributed by atoms with E-state index in [0.29, 0.717) is 12.5 Å². The lowest BCUT2D eigenvalue weighted by molar-refractivity contribution is 0.0741. The molecule has 0 bridgehead atoms. The molecule has 2 N–H and O–H groups in total. The van der Waals surface area contributed by atoms with Gasteiger partial charge in [-0.15, -0.1) is 5.10 Å². The number of aromatic amines is 1. The van der Waals surface area contributed by atoms with Crippen LogP contribution in [-0.4, -0.2) is 50.3 Å². The number of nitrogens with one attached hydrogen (secondary N) is 1. The number of carbonyl (C=O) groups is 1. The molecule has 1 aliphatic heterocycles. The maximum absolute atomic E-state index is 12.3. The second kappa shape index (κ2) is 4.92. The first-order chi connectivity index (χ1) is 9.19. The van der Waals surface area contributed by atoms with Crippen LogP contribution in [0, 0.1) is 11.8 Å². The third kappa shape index (κ3) is 2.25. The van der Waals surface area contributed by atoms with Gasteiger partial charge in [0, 0.05) is 25.4 Å². The minimum absolute atomic E-state index is 0.111. The Balaban J connectivity index is 1.67. The molecule has 3 rings (SSSR count). The van der Waals surface area contributed by atoms with Crippen LogP contribution in [-0.2, 0) is 6.42 Å². The molecular weight excluding hydrogens is 244 g/mol. The van der Waals surface area contributed by atoms with Gasteiger partial charge in [0.2, 0.25) is 5.82 Å². The molecule has 2 aliphatic rings. The third-order valence-corrected chi connectivity index (χ3v) is 4.32. The summed E-state index contributed by atoms with van der Waals surface area (Å²) in [5.74, 6) is 1.62. The predicted octanol–water partition coefficient (Wildman–Crippen LogP) is 0.600. The van der Waals surface area contributed by atoms with Gasteiger partial charge in [0.15, 0.2) is 0 Å². The Bertz CT molecular complexity index is 473. The molecule has 1 amide bonds. The van der Waals surface area contributed by atoms with Crippen LogP contribution in [0.25, 0.3) is 0 Å². The van der Waals surface area contributed by atoms with Gasteiger partial charge >= 0.3 is 0 Å². The molecule has 104 valence electrons. The fourth-order valence-corrected chi connectivity index (χ4v) is 3.28. The molecule has 6 nitrogen and oxygen atoms in total. The molecule has 3 unspecified atom stereocenters. The number of aromatic nitrogens is 3. The Labute approximate surface area is 112 Å². The van der Waals surface area contributed by atoms with Crippen LogP contribution in [0.5, 0.6) is 0 Å². The molecule has 2 fully saturated rings. The number of likely N-dealkylation sites (tertiary alicyclic amines) is 1. The van der Waals surface area contributed by atoms with Crippen molar-refractivity contribution in [2.75, 3.05) is 13.1 Å². The van der Waals surface area contributed by atoms with Crippen molar-refractivity contribution in [3.8, 4) is 0 Å². The van der Waals surface area contributed by atoms with Crippen molar-refractivity contribution in [2.45, 2.75) is 38.7 Å². The monoisotopic (exact) mass is 264 g/mol. The first-order valence-electron chi connectivity index (χ1n) is 7.07. The summed E-state index contributed by atoms with van der Waals surface area (Å²) in [5, 5.41) is 16.7. The van der Waals surface area contributed by atoms with Gasteiger partial charge in [-0.1, -0.05) is 6.92 Å². The van der Waals surface area contributed by atoms with Crippen LogP contribution in [0.4, 0.5) is 0 Å². The summed E-state index contributed by atoms with van der Waals surface area (Å²) < 4.78 is 0. The van der Waals surface area contributed by atoms with E-state index in [0.717, 1.165) is 38.1 Å². The van der Waals surface area contributed by atoms with E-state index >= 15 is 0 Å². The second-order valence-electron chi connectivity index (χ2n) is 5.63. The number of aliphatic hydroxyl groups is 1. The average Bonchev–Trinajstić information content (AvgIpc) is 3.07. The van der Waals surface area contributed by atoms with Gasteiger partial charge in [0.25, 0.3) is 5.91 Å². The Morgan fingerprint density at radius 1 is 1.47 bits per heavy atom. The molecule has 0 spiro atoms. The highest BCUT2D eigenvalue weighted by Crippen LogP contribution is 2.38. The third-order valence-electron chi connectivity index (χ3n) is 4.32. The van der Waals surface area contributed by atoms with Crippen molar-refractivity contribution in [3.05, 3.63) is 11.6 Å². The van der Waals surface area contributed by atoms with Crippen molar-refractivity contribution in [3.63, 3.8) is 0 Å². The van der Waals surface area contributed by atoms with Gasteiger partial charge in [0.05, 0.1) is 6.10 Å².